The summed E-state index contributed by atoms with van der Waals surface area (Å²) in [5.41, 5.74) is 3.05. The van der Waals surface area contributed by atoms with Crippen molar-refractivity contribution in [3.8, 4) is 11.5 Å². The number of rotatable bonds is 4. The summed E-state index contributed by atoms with van der Waals surface area (Å²) in [6, 6.07) is 15.2. The standard InChI is InChI=1S/C15H12N2O2.C10H17NO2.H2/c1-16-14(18)10-6-8-11(9-7-10)15-17-12-4-2-3-5-13(12)19-15;12-10(9-6-3-7-13-9)11-8-4-1-2-5-8;/h2-9H,1H3,(H,16,18);8-9H,1-7H2,(H,11,12);1H/t;9-;/m.1./s1. The lowest BCUT2D eigenvalue weighted by Gasteiger charge is -2.15. The molecule has 7 heteroatoms. The van der Waals surface area contributed by atoms with Gasteiger partial charge in [-0.3, -0.25) is 9.59 Å². The molecule has 5 rings (SSSR count). The number of amides is 2. The number of hydrogen-bond acceptors (Lipinski definition) is 5. The number of oxazole rings is 1. The van der Waals surface area contributed by atoms with E-state index < -0.39 is 0 Å². The van der Waals surface area contributed by atoms with Crippen LogP contribution in [0.4, 0.5) is 0 Å². The quantitative estimate of drug-likeness (QED) is 0.634. The summed E-state index contributed by atoms with van der Waals surface area (Å²) in [5.74, 6) is 0.568. The summed E-state index contributed by atoms with van der Waals surface area (Å²) < 4.78 is 11.0. The van der Waals surface area contributed by atoms with Gasteiger partial charge in [-0.25, -0.2) is 4.98 Å². The molecule has 2 N–H and O–H groups in total. The molecule has 2 amide bonds. The molecule has 0 unspecified atom stereocenters. The summed E-state index contributed by atoms with van der Waals surface area (Å²) in [4.78, 5) is 27.4. The lowest BCUT2D eigenvalue weighted by atomic mass is 10.1. The van der Waals surface area contributed by atoms with Gasteiger partial charge in [-0.15, -0.1) is 0 Å². The van der Waals surface area contributed by atoms with E-state index in [2.05, 4.69) is 15.6 Å². The van der Waals surface area contributed by atoms with Gasteiger partial charge in [0.15, 0.2) is 5.58 Å². The van der Waals surface area contributed by atoms with E-state index in [1.54, 1.807) is 19.2 Å². The second-order valence-electron chi connectivity index (χ2n) is 8.13. The van der Waals surface area contributed by atoms with Gasteiger partial charge in [0.25, 0.3) is 5.91 Å². The van der Waals surface area contributed by atoms with Crippen LogP contribution in [-0.2, 0) is 9.53 Å². The lowest BCUT2D eigenvalue weighted by Crippen LogP contribution is -2.39. The molecule has 1 aromatic heterocycles. The van der Waals surface area contributed by atoms with E-state index in [0.717, 1.165) is 49.0 Å². The smallest absolute Gasteiger partial charge is 0.251 e. The van der Waals surface area contributed by atoms with Crippen LogP contribution in [0.3, 0.4) is 0 Å². The highest BCUT2D eigenvalue weighted by atomic mass is 16.5. The summed E-state index contributed by atoms with van der Waals surface area (Å²) in [5, 5.41) is 5.64. The van der Waals surface area contributed by atoms with Gasteiger partial charge < -0.3 is 19.8 Å². The fraction of sp³-hybridized carbons (Fsp3) is 0.400. The fourth-order valence-electron chi connectivity index (χ4n) is 4.05. The normalized spacial score (nSPS) is 18.2. The molecule has 1 saturated heterocycles. The molecule has 7 nitrogen and oxygen atoms in total. The molecule has 1 saturated carbocycles. The maximum Gasteiger partial charge on any atom is 0.251 e. The molecule has 2 heterocycles. The van der Waals surface area contributed by atoms with Gasteiger partial charge in [-0.2, -0.15) is 0 Å². The van der Waals surface area contributed by atoms with Gasteiger partial charge in [0.2, 0.25) is 11.8 Å². The van der Waals surface area contributed by atoms with Crippen LogP contribution in [0.15, 0.2) is 52.9 Å². The number of nitrogens with one attached hydrogen (secondary N) is 2. The first kappa shape index (κ1) is 22.0. The Morgan fingerprint density at radius 1 is 1.00 bits per heavy atom. The molecule has 170 valence electrons. The van der Waals surface area contributed by atoms with Crippen LogP contribution >= 0.6 is 0 Å². The molecule has 0 bridgehead atoms. The summed E-state index contributed by atoms with van der Waals surface area (Å²) in [7, 11) is 1.61. The lowest BCUT2D eigenvalue weighted by molar-refractivity contribution is -0.130. The summed E-state index contributed by atoms with van der Waals surface area (Å²) >= 11 is 0. The van der Waals surface area contributed by atoms with E-state index in [4.69, 9.17) is 9.15 Å². The van der Waals surface area contributed by atoms with Gasteiger partial charge in [0.1, 0.15) is 11.6 Å². The van der Waals surface area contributed by atoms with Crippen molar-refractivity contribution in [2.75, 3.05) is 13.7 Å². The molecule has 1 aliphatic heterocycles. The van der Waals surface area contributed by atoms with E-state index in [9.17, 15) is 9.59 Å². The molecular formula is C25H31N3O4. The maximum atomic E-state index is 11.6. The third kappa shape index (κ3) is 5.34. The first-order chi connectivity index (χ1) is 15.6. The first-order valence-corrected chi connectivity index (χ1v) is 11.2. The molecule has 3 aromatic rings. The Hall–Kier alpha value is -3.19. The van der Waals surface area contributed by atoms with E-state index in [0.29, 0.717) is 17.5 Å². The van der Waals surface area contributed by atoms with Gasteiger partial charge in [0, 0.05) is 32.2 Å². The van der Waals surface area contributed by atoms with Crippen molar-refractivity contribution in [2.24, 2.45) is 0 Å². The Kier molecular flexibility index (Phi) is 7.17. The van der Waals surface area contributed by atoms with Crippen LogP contribution in [0.25, 0.3) is 22.6 Å². The molecule has 0 radical (unpaired) electrons. The number of aromatic nitrogens is 1. The molecule has 2 aliphatic rings. The zero-order valence-electron chi connectivity index (χ0n) is 18.3. The predicted molar refractivity (Wildman–Crippen MR) is 124 cm³/mol. The first-order valence-electron chi connectivity index (χ1n) is 11.2. The Balaban J connectivity index is 0.000000192. The minimum atomic E-state index is -0.152. The van der Waals surface area contributed by atoms with Crippen molar-refractivity contribution in [1.29, 1.82) is 0 Å². The third-order valence-corrected chi connectivity index (χ3v) is 5.84. The number of benzene rings is 2. The topological polar surface area (TPSA) is 93.5 Å². The maximum absolute atomic E-state index is 11.6. The van der Waals surface area contributed by atoms with E-state index >= 15 is 0 Å². The number of para-hydroxylation sites is 2. The highest BCUT2D eigenvalue weighted by molar-refractivity contribution is 5.94. The van der Waals surface area contributed by atoms with Crippen molar-refractivity contribution in [2.45, 2.75) is 50.7 Å². The Morgan fingerprint density at radius 3 is 2.41 bits per heavy atom. The zero-order valence-corrected chi connectivity index (χ0v) is 18.3. The highest BCUT2D eigenvalue weighted by Crippen LogP contribution is 2.24. The van der Waals surface area contributed by atoms with Crippen molar-refractivity contribution in [1.82, 2.24) is 15.6 Å². The minimum absolute atomic E-state index is 0. The second kappa shape index (κ2) is 10.4. The van der Waals surface area contributed by atoms with Crippen LogP contribution < -0.4 is 10.6 Å². The SMILES string of the molecule is CNC(=O)c1ccc(-c2nc3ccccc3o2)cc1.O=C(NC1CCCC1)[C@H]1CCCO1.[HH]. The second-order valence-corrected chi connectivity index (χ2v) is 8.13. The van der Waals surface area contributed by atoms with Crippen LogP contribution in [0.5, 0.6) is 0 Å². The van der Waals surface area contributed by atoms with Gasteiger partial charge in [-0.05, 0) is 62.1 Å². The third-order valence-electron chi connectivity index (χ3n) is 5.84. The number of hydrogen-bond donors (Lipinski definition) is 2. The van der Waals surface area contributed by atoms with E-state index in [-0.39, 0.29) is 19.3 Å². The average molecular weight is 438 g/mol. The van der Waals surface area contributed by atoms with Crippen LogP contribution in [0.1, 0.15) is 50.3 Å². The highest BCUT2D eigenvalue weighted by Gasteiger charge is 2.26. The Labute approximate surface area is 189 Å². The van der Waals surface area contributed by atoms with Crippen LogP contribution in [-0.4, -0.2) is 42.6 Å². The zero-order chi connectivity index (χ0) is 22.3. The number of carbonyl (C=O) groups excluding carboxylic acids is 2. The minimum Gasteiger partial charge on any atom is -0.436 e. The monoisotopic (exact) mass is 437 g/mol. The molecule has 32 heavy (non-hydrogen) atoms. The summed E-state index contributed by atoms with van der Waals surface area (Å²) in [6.07, 6.45) is 6.60. The molecule has 0 spiro atoms. The predicted octanol–water partition coefficient (Wildman–Crippen LogP) is 4.32. The van der Waals surface area contributed by atoms with Crippen LogP contribution in [0.2, 0.25) is 0 Å². The van der Waals surface area contributed by atoms with Crippen LogP contribution in [0, 0.1) is 0 Å². The molecule has 1 atom stereocenters. The molecule has 2 fully saturated rings. The average Bonchev–Trinajstić information content (AvgIpc) is 3.60. The molecule has 2 aromatic carbocycles. The van der Waals surface area contributed by atoms with Crippen molar-refractivity contribution >= 4 is 22.9 Å². The van der Waals surface area contributed by atoms with Crippen molar-refractivity contribution in [3.63, 3.8) is 0 Å². The van der Waals surface area contributed by atoms with Gasteiger partial charge in [0.05, 0.1) is 0 Å². The van der Waals surface area contributed by atoms with Gasteiger partial charge in [-0.1, -0.05) is 25.0 Å². The Bertz CT molecular complexity index is 1020. The fourth-order valence-corrected chi connectivity index (χ4v) is 4.05. The van der Waals surface area contributed by atoms with Crippen molar-refractivity contribution in [3.05, 3.63) is 54.1 Å². The number of ether oxygens (including phenoxy) is 1. The summed E-state index contributed by atoms with van der Waals surface area (Å²) in [6.45, 7) is 0.753. The van der Waals surface area contributed by atoms with E-state index in [1.165, 1.54) is 12.8 Å². The number of carbonyl (C=O) groups is 2. The molecule has 1 aliphatic carbocycles. The largest absolute Gasteiger partial charge is 0.436 e. The Morgan fingerprint density at radius 2 is 1.75 bits per heavy atom. The number of nitrogens with zero attached hydrogens (tertiary/aromatic N) is 1. The van der Waals surface area contributed by atoms with Gasteiger partial charge >= 0.3 is 0 Å². The van der Waals surface area contributed by atoms with E-state index in [1.807, 2.05) is 36.4 Å². The van der Waals surface area contributed by atoms with Crippen molar-refractivity contribution < 1.29 is 20.2 Å². The number of fused-ring (bicyclic) bond motifs is 1. The molecular weight excluding hydrogens is 406 g/mol.